The van der Waals surface area contributed by atoms with Crippen molar-refractivity contribution in [1.29, 1.82) is 0 Å². The summed E-state index contributed by atoms with van der Waals surface area (Å²) in [7, 11) is 3.93. The largest absolute Gasteiger partial charge is 0.492 e. The van der Waals surface area contributed by atoms with Gasteiger partial charge in [-0.2, -0.15) is 5.10 Å². The Morgan fingerprint density at radius 3 is 2.74 bits per heavy atom. The maximum atomic E-state index is 14.8. The van der Waals surface area contributed by atoms with Gasteiger partial charge < -0.3 is 24.8 Å². The number of nitrogens with one attached hydrogen (secondary N) is 3. The van der Waals surface area contributed by atoms with Crippen LogP contribution in [-0.4, -0.2) is 74.7 Å². The molecule has 46 heavy (non-hydrogen) atoms. The molecule has 4 aromatic heterocycles. The average molecular weight is 620 g/mol. The molecule has 0 unspecified atom stereocenters. The number of benzene rings is 1. The normalized spacial score (nSPS) is 14.0. The lowest BCUT2D eigenvalue weighted by molar-refractivity contribution is -0.123. The number of ether oxygens (including phenoxy) is 1. The first-order chi connectivity index (χ1) is 22.0. The second-order valence-electron chi connectivity index (χ2n) is 12.8. The molecule has 0 radical (unpaired) electrons. The number of aromatic nitrogens is 6. The maximum Gasteiger partial charge on any atom is 0.229 e. The molecule has 0 saturated carbocycles. The number of nitrogens with zero attached hydrogens (tertiary/aromatic N) is 6. The van der Waals surface area contributed by atoms with Crippen molar-refractivity contribution >= 4 is 33.9 Å². The fraction of sp³-hybridized carbons (Fsp3) is 0.265. The third kappa shape index (κ3) is 5.74. The minimum absolute atomic E-state index is 0.103. The highest BCUT2D eigenvalue weighted by Gasteiger charge is 2.35. The predicted octanol–water partition coefficient (Wildman–Crippen LogP) is 5.62. The molecule has 7 rings (SSSR count). The number of halogens is 1. The number of fused-ring (bicyclic) bond motifs is 4. The highest BCUT2D eigenvalue weighted by molar-refractivity contribution is 5.97. The molecule has 0 aliphatic carbocycles. The summed E-state index contributed by atoms with van der Waals surface area (Å²) in [5.41, 5.74) is 6.19. The first-order valence-corrected chi connectivity index (χ1v) is 15.0. The zero-order valence-electron chi connectivity index (χ0n) is 26.3. The topological polar surface area (TPSA) is 128 Å². The van der Waals surface area contributed by atoms with Crippen LogP contribution in [0.2, 0.25) is 0 Å². The number of imidazole rings is 1. The Hall–Kier alpha value is -5.36. The summed E-state index contributed by atoms with van der Waals surface area (Å²) in [5.74, 6) is 1.30. The Kier molecular flexibility index (Phi) is 7.16. The molecule has 2 aliphatic rings. The van der Waals surface area contributed by atoms with Crippen LogP contribution in [0.15, 0.2) is 66.8 Å². The molecule has 11 nitrogen and oxygen atoms in total. The minimum atomic E-state index is -0.542. The number of rotatable bonds is 8. The van der Waals surface area contributed by atoms with E-state index >= 15 is 0 Å². The molecule has 3 N–H and O–H groups in total. The molecule has 5 aromatic rings. The van der Waals surface area contributed by atoms with E-state index in [1.54, 1.807) is 18.6 Å². The molecular formula is C34H34FN9O2. The van der Waals surface area contributed by atoms with E-state index in [-0.39, 0.29) is 11.7 Å². The predicted molar refractivity (Wildman–Crippen MR) is 176 cm³/mol. The number of allylic oxidation sites excluding steroid dienone is 2. The zero-order valence-corrected chi connectivity index (χ0v) is 26.3. The van der Waals surface area contributed by atoms with Gasteiger partial charge in [0.25, 0.3) is 0 Å². The van der Waals surface area contributed by atoms with Crippen molar-refractivity contribution in [2.24, 2.45) is 5.41 Å². The van der Waals surface area contributed by atoms with Crippen LogP contribution in [0.5, 0.6) is 5.75 Å². The molecule has 12 heteroatoms. The molecule has 1 aromatic carbocycles. The number of carbonyl (C=O) groups excluding carboxylic acids is 1. The number of hydrogen-bond donors (Lipinski definition) is 3. The van der Waals surface area contributed by atoms with Crippen LogP contribution in [0.1, 0.15) is 32.0 Å². The summed E-state index contributed by atoms with van der Waals surface area (Å²) in [6.07, 6.45) is 9.07. The van der Waals surface area contributed by atoms with Crippen LogP contribution in [0.4, 0.5) is 15.9 Å². The summed E-state index contributed by atoms with van der Waals surface area (Å²) < 4.78 is 20.7. The van der Waals surface area contributed by atoms with Crippen LogP contribution >= 0.6 is 0 Å². The van der Waals surface area contributed by atoms with E-state index in [0.29, 0.717) is 47.4 Å². The van der Waals surface area contributed by atoms with E-state index in [4.69, 9.17) is 9.72 Å². The van der Waals surface area contributed by atoms with Gasteiger partial charge in [0.15, 0.2) is 11.6 Å². The molecule has 0 spiro atoms. The number of H-pyrrole nitrogens is 2. The molecule has 6 heterocycles. The molecule has 1 fully saturated rings. The maximum absolute atomic E-state index is 14.8. The van der Waals surface area contributed by atoms with E-state index < -0.39 is 5.41 Å². The quantitative estimate of drug-likeness (QED) is 0.191. The fourth-order valence-corrected chi connectivity index (χ4v) is 5.21. The third-order valence-corrected chi connectivity index (χ3v) is 7.85. The van der Waals surface area contributed by atoms with Gasteiger partial charge >= 0.3 is 0 Å². The van der Waals surface area contributed by atoms with Gasteiger partial charge in [-0.25, -0.2) is 9.37 Å². The Balaban J connectivity index is 1.23. The highest BCUT2D eigenvalue weighted by Crippen LogP contribution is 2.43. The first-order valence-electron chi connectivity index (χ1n) is 15.0. The van der Waals surface area contributed by atoms with Gasteiger partial charge in [0.05, 0.1) is 41.5 Å². The van der Waals surface area contributed by atoms with E-state index in [9.17, 15) is 9.18 Å². The van der Waals surface area contributed by atoms with Gasteiger partial charge in [-0.05, 0) is 50.0 Å². The van der Waals surface area contributed by atoms with Crippen LogP contribution in [0, 0.1) is 11.2 Å². The van der Waals surface area contributed by atoms with Crippen molar-refractivity contribution in [1.82, 2.24) is 35.0 Å². The van der Waals surface area contributed by atoms with Gasteiger partial charge in [0.1, 0.15) is 23.9 Å². The second-order valence-corrected chi connectivity index (χ2v) is 12.8. The molecule has 0 bridgehead atoms. The standard InChI is InChI=1S/C34H34FN9O2/c1-34(2,3)33(45)38-22-11-20(15-36-16-22)27-14-26-28(17-37-27)41-42-29(26)31-39-30-25(7-6-23-18-44(23)32(30)40-31)19-10-21(35)13-24(12-19)46-9-8-43(4)5/h6-7,10-17H,8-9,18H2,1-5H3,(H,38,45)(H,39,40)(H,41,42). The highest BCUT2D eigenvalue weighted by atomic mass is 19.1. The average Bonchev–Trinajstić information content (AvgIpc) is 3.49. The van der Waals surface area contributed by atoms with Crippen molar-refractivity contribution < 1.29 is 13.9 Å². The molecule has 1 saturated heterocycles. The summed E-state index contributed by atoms with van der Waals surface area (Å²) in [4.78, 5) is 34.1. The van der Waals surface area contributed by atoms with Crippen LogP contribution in [0.25, 0.3) is 39.3 Å². The molecular weight excluding hydrogens is 585 g/mol. The van der Waals surface area contributed by atoms with Crippen molar-refractivity contribution in [3.8, 4) is 28.5 Å². The lowest BCUT2D eigenvalue weighted by atomic mass is 9.95. The molecule has 0 atom stereocenters. The SMILES string of the molecule is CN(C)CCOc1cc(F)cc(C2=CC=C3CN3c3nc(-c4n[nH]c5cnc(-c6cncc(NC(=O)C(C)(C)C)c6)cc45)[nH]c32)c1. The fourth-order valence-electron chi connectivity index (χ4n) is 5.21. The molecule has 1 amide bonds. The van der Waals surface area contributed by atoms with E-state index in [0.717, 1.165) is 45.8 Å². The number of carbonyl (C=O) groups is 1. The number of hydrogen-bond acceptors (Lipinski definition) is 8. The van der Waals surface area contributed by atoms with E-state index in [2.05, 4.69) is 35.4 Å². The Morgan fingerprint density at radius 1 is 1.09 bits per heavy atom. The van der Waals surface area contributed by atoms with Gasteiger partial charge in [-0.15, -0.1) is 0 Å². The summed E-state index contributed by atoms with van der Waals surface area (Å²) >= 11 is 0. The Bertz CT molecular complexity index is 2050. The van der Waals surface area contributed by atoms with Gasteiger partial charge in [0, 0.05) is 46.4 Å². The lowest BCUT2D eigenvalue weighted by Crippen LogP contribution is -2.27. The van der Waals surface area contributed by atoms with Gasteiger partial charge in [0.2, 0.25) is 5.91 Å². The molecule has 234 valence electrons. The van der Waals surface area contributed by atoms with Crippen molar-refractivity contribution in [2.45, 2.75) is 20.8 Å². The third-order valence-electron chi connectivity index (χ3n) is 7.85. The number of aromatic amines is 2. The monoisotopic (exact) mass is 619 g/mol. The second kappa shape index (κ2) is 11.2. The number of pyridine rings is 2. The lowest BCUT2D eigenvalue weighted by Gasteiger charge is -2.17. The van der Waals surface area contributed by atoms with Crippen LogP contribution in [0.3, 0.4) is 0 Å². The Labute approximate surface area is 265 Å². The van der Waals surface area contributed by atoms with Gasteiger partial charge in [-0.1, -0.05) is 26.8 Å². The van der Waals surface area contributed by atoms with Crippen LogP contribution in [-0.2, 0) is 4.79 Å². The van der Waals surface area contributed by atoms with E-state index in [1.807, 2.05) is 70.1 Å². The van der Waals surface area contributed by atoms with Crippen molar-refractivity contribution in [3.63, 3.8) is 0 Å². The van der Waals surface area contributed by atoms with Crippen LogP contribution < -0.4 is 15.0 Å². The summed E-state index contributed by atoms with van der Waals surface area (Å²) in [5, 5.41) is 11.4. The summed E-state index contributed by atoms with van der Waals surface area (Å²) in [6, 6.07) is 8.54. The van der Waals surface area contributed by atoms with Crippen molar-refractivity contribution in [2.75, 3.05) is 44.0 Å². The minimum Gasteiger partial charge on any atom is -0.492 e. The number of amides is 1. The van der Waals surface area contributed by atoms with Crippen molar-refractivity contribution in [3.05, 3.63) is 83.8 Å². The number of anilines is 2. The van der Waals surface area contributed by atoms with Gasteiger partial charge in [-0.3, -0.25) is 19.9 Å². The molecule has 2 aliphatic heterocycles. The zero-order chi connectivity index (χ0) is 32.2. The number of likely N-dealkylation sites (N-methyl/N-ethyl adjacent to an activating group) is 1. The smallest absolute Gasteiger partial charge is 0.229 e. The first kappa shape index (κ1) is 29.4. The van der Waals surface area contributed by atoms with E-state index in [1.165, 1.54) is 12.1 Å². The summed E-state index contributed by atoms with van der Waals surface area (Å²) in [6.45, 7) is 7.51. The Morgan fingerprint density at radius 2 is 1.93 bits per heavy atom.